The molecule has 1 unspecified atom stereocenters. The van der Waals surface area contributed by atoms with E-state index >= 15 is 0 Å². The van der Waals surface area contributed by atoms with Gasteiger partial charge in [-0.15, -0.1) is 0 Å². The average molecular weight is 324 g/mol. The molecule has 24 heavy (non-hydrogen) atoms. The van der Waals surface area contributed by atoms with E-state index < -0.39 is 0 Å². The predicted molar refractivity (Wildman–Crippen MR) is 94.8 cm³/mol. The molecule has 4 rings (SSSR count). The number of aromatic nitrogens is 4. The second-order valence-electron chi connectivity index (χ2n) is 6.48. The number of nitrogens with one attached hydrogen (secondary N) is 1. The lowest BCUT2D eigenvalue weighted by atomic mass is 10.1. The van der Waals surface area contributed by atoms with Gasteiger partial charge in [0.1, 0.15) is 11.6 Å². The zero-order valence-corrected chi connectivity index (χ0v) is 14.3. The van der Waals surface area contributed by atoms with E-state index in [9.17, 15) is 0 Å². The highest BCUT2D eigenvalue weighted by atomic mass is 15.3. The number of fused-ring (bicyclic) bond motifs is 1. The van der Waals surface area contributed by atoms with Crippen molar-refractivity contribution in [2.75, 3.05) is 26.2 Å². The molecule has 1 saturated heterocycles. The van der Waals surface area contributed by atoms with Crippen molar-refractivity contribution in [1.82, 2.24) is 29.3 Å². The van der Waals surface area contributed by atoms with E-state index in [-0.39, 0.29) is 0 Å². The van der Waals surface area contributed by atoms with Crippen molar-refractivity contribution in [3.05, 3.63) is 48.3 Å². The third kappa shape index (κ3) is 2.72. The lowest BCUT2D eigenvalue weighted by Gasteiger charge is -2.35. The van der Waals surface area contributed by atoms with E-state index in [1.54, 1.807) is 0 Å². The molecule has 1 aliphatic heterocycles. The molecule has 1 N–H and O–H groups in total. The van der Waals surface area contributed by atoms with Gasteiger partial charge < -0.3 is 14.5 Å². The Kier molecular flexibility index (Phi) is 4.08. The van der Waals surface area contributed by atoms with Crippen LogP contribution < -0.4 is 5.32 Å². The largest absolute Gasteiger partial charge is 0.337 e. The topological polar surface area (TPSA) is 50.9 Å². The molecule has 0 saturated carbocycles. The van der Waals surface area contributed by atoms with Crippen molar-refractivity contribution in [3.8, 4) is 0 Å². The summed E-state index contributed by atoms with van der Waals surface area (Å²) in [6.07, 6.45) is 4.85. The van der Waals surface area contributed by atoms with E-state index in [4.69, 9.17) is 4.98 Å². The minimum absolute atomic E-state index is 0.327. The lowest BCUT2D eigenvalue weighted by molar-refractivity contribution is 0.153. The van der Waals surface area contributed by atoms with Crippen LogP contribution in [0.1, 0.15) is 17.7 Å². The molecule has 0 aliphatic carbocycles. The van der Waals surface area contributed by atoms with Gasteiger partial charge in [-0.3, -0.25) is 4.90 Å². The monoisotopic (exact) mass is 324 g/mol. The van der Waals surface area contributed by atoms with Crippen molar-refractivity contribution in [2.45, 2.75) is 12.5 Å². The summed E-state index contributed by atoms with van der Waals surface area (Å²) in [7, 11) is 4.18. The molecular weight excluding hydrogens is 300 g/mol. The van der Waals surface area contributed by atoms with Crippen LogP contribution in [0.3, 0.4) is 0 Å². The predicted octanol–water partition coefficient (Wildman–Crippen LogP) is 1.50. The Morgan fingerprint density at radius 1 is 1.25 bits per heavy atom. The highest BCUT2D eigenvalue weighted by molar-refractivity contribution is 5.75. The number of rotatable bonds is 4. The van der Waals surface area contributed by atoms with Crippen LogP contribution in [0.15, 0.2) is 36.7 Å². The molecule has 0 spiro atoms. The number of nitrogens with zero attached hydrogens (tertiary/aromatic N) is 5. The summed E-state index contributed by atoms with van der Waals surface area (Å²) >= 11 is 0. The minimum atomic E-state index is 0.327. The van der Waals surface area contributed by atoms with Crippen molar-refractivity contribution < 1.29 is 0 Å². The molecule has 3 heterocycles. The number of para-hydroxylation sites is 2. The molecule has 0 radical (unpaired) electrons. The lowest BCUT2D eigenvalue weighted by Crippen LogP contribution is -2.47. The van der Waals surface area contributed by atoms with Gasteiger partial charge in [0.15, 0.2) is 0 Å². The van der Waals surface area contributed by atoms with Crippen molar-refractivity contribution in [1.29, 1.82) is 0 Å². The Bertz CT molecular complexity index is 833. The number of piperazine rings is 1. The summed E-state index contributed by atoms with van der Waals surface area (Å²) in [5.74, 6) is 2.28. The number of hydrogen-bond acceptors (Lipinski definition) is 4. The third-order valence-corrected chi connectivity index (χ3v) is 5.01. The SMILES string of the molecule is Cn1ccnc1C1CNCCN1CCc1nc2ccccc2n1C. The highest BCUT2D eigenvalue weighted by Crippen LogP contribution is 2.21. The van der Waals surface area contributed by atoms with E-state index in [1.807, 2.05) is 18.5 Å². The molecule has 3 aromatic rings. The highest BCUT2D eigenvalue weighted by Gasteiger charge is 2.26. The first kappa shape index (κ1) is 15.4. The van der Waals surface area contributed by atoms with Crippen LogP contribution in [0.4, 0.5) is 0 Å². The molecule has 0 amide bonds. The van der Waals surface area contributed by atoms with E-state index in [0.29, 0.717) is 6.04 Å². The smallest absolute Gasteiger partial charge is 0.127 e. The van der Waals surface area contributed by atoms with Gasteiger partial charge >= 0.3 is 0 Å². The van der Waals surface area contributed by atoms with Crippen LogP contribution in [0.2, 0.25) is 0 Å². The fourth-order valence-electron chi connectivity index (χ4n) is 3.63. The third-order valence-electron chi connectivity index (χ3n) is 5.01. The van der Waals surface area contributed by atoms with Crippen LogP contribution >= 0.6 is 0 Å². The van der Waals surface area contributed by atoms with Gasteiger partial charge in [-0.25, -0.2) is 9.97 Å². The van der Waals surface area contributed by atoms with Crippen molar-refractivity contribution in [3.63, 3.8) is 0 Å². The van der Waals surface area contributed by atoms with Crippen LogP contribution in [-0.2, 0) is 20.5 Å². The summed E-state index contributed by atoms with van der Waals surface area (Å²) < 4.78 is 4.34. The molecular formula is C18H24N6. The van der Waals surface area contributed by atoms with E-state index in [1.165, 1.54) is 5.52 Å². The van der Waals surface area contributed by atoms with Crippen LogP contribution in [0.5, 0.6) is 0 Å². The number of hydrogen-bond donors (Lipinski definition) is 1. The number of imidazole rings is 2. The maximum absolute atomic E-state index is 4.80. The van der Waals surface area contributed by atoms with E-state index in [2.05, 4.69) is 56.6 Å². The normalized spacial score (nSPS) is 19.2. The molecule has 2 aromatic heterocycles. The van der Waals surface area contributed by atoms with Gasteiger partial charge in [0.25, 0.3) is 0 Å². The van der Waals surface area contributed by atoms with E-state index in [0.717, 1.165) is 49.8 Å². The fraction of sp³-hybridized carbons (Fsp3) is 0.444. The molecule has 126 valence electrons. The first-order valence-electron chi connectivity index (χ1n) is 8.56. The van der Waals surface area contributed by atoms with Gasteiger partial charge in [-0.05, 0) is 12.1 Å². The van der Waals surface area contributed by atoms with Gasteiger partial charge in [0, 0.05) is 59.1 Å². The molecule has 6 heteroatoms. The zero-order chi connectivity index (χ0) is 16.5. The minimum Gasteiger partial charge on any atom is -0.337 e. The second kappa shape index (κ2) is 6.37. The number of benzene rings is 1. The van der Waals surface area contributed by atoms with Gasteiger partial charge in [0.2, 0.25) is 0 Å². The zero-order valence-electron chi connectivity index (χ0n) is 14.3. The molecule has 1 fully saturated rings. The Morgan fingerprint density at radius 2 is 2.12 bits per heavy atom. The molecule has 1 aliphatic rings. The second-order valence-corrected chi connectivity index (χ2v) is 6.48. The van der Waals surface area contributed by atoms with Crippen LogP contribution in [-0.4, -0.2) is 50.2 Å². The van der Waals surface area contributed by atoms with Gasteiger partial charge in [0.05, 0.1) is 17.1 Å². The summed E-state index contributed by atoms with van der Waals surface area (Å²) in [5.41, 5.74) is 2.28. The summed E-state index contributed by atoms with van der Waals surface area (Å²) in [6.45, 7) is 4.02. The Hall–Kier alpha value is -2.18. The fourth-order valence-corrected chi connectivity index (χ4v) is 3.63. The first-order chi connectivity index (χ1) is 11.7. The summed E-state index contributed by atoms with van der Waals surface area (Å²) in [4.78, 5) is 11.9. The maximum atomic E-state index is 4.80. The quantitative estimate of drug-likeness (QED) is 0.790. The molecule has 0 bridgehead atoms. The van der Waals surface area contributed by atoms with Crippen LogP contribution in [0, 0.1) is 0 Å². The molecule has 1 aromatic carbocycles. The van der Waals surface area contributed by atoms with Gasteiger partial charge in [-0.1, -0.05) is 12.1 Å². The molecule has 6 nitrogen and oxygen atoms in total. The van der Waals surface area contributed by atoms with Crippen molar-refractivity contribution >= 4 is 11.0 Å². The summed E-state index contributed by atoms with van der Waals surface area (Å²) in [6, 6.07) is 8.66. The van der Waals surface area contributed by atoms with Gasteiger partial charge in [-0.2, -0.15) is 0 Å². The Balaban J connectivity index is 1.52. The Labute approximate surface area is 142 Å². The number of aryl methyl sites for hydroxylation is 2. The molecule has 1 atom stereocenters. The first-order valence-corrected chi connectivity index (χ1v) is 8.56. The van der Waals surface area contributed by atoms with Crippen LogP contribution in [0.25, 0.3) is 11.0 Å². The standard InChI is InChI=1S/C18H24N6/c1-22-11-9-20-18(22)16-13-19-8-12-24(16)10-7-17-21-14-5-3-4-6-15(14)23(17)2/h3-6,9,11,16,19H,7-8,10,12-13H2,1-2H3. The summed E-state index contributed by atoms with van der Waals surface area (Å²) in [5, 5.41) is 3.50. The van der Waals surface area contributed by atoms with Crippen molar-refractivity contribution in [2.24, 2.45) is 14.1 Å². The Morgan fingerprint density at radius 3 is 2.92 bits per heavy atom. The maximum Gasteiger partial charge on any atom is 0.127 e. The average Bonchev–Trinajstić information content (AvgIpc) is 3.17.